The third-order valence-corrected chi connectivity index (χ3v) is 3.09. The van der Waals surface area contributed by atoms with Crippen molar-refractivity contribution in [2.45, 2.75) is 73.0 Å². The molecule has 3 heteroatoms. The van der Waals surface area contributed by atoms with Gasteiger partial charge < -0.3 is 9.47 Å². The Morgan fingerprint density at radius 1 is 1.21 bits per heavy atom. The van der Waals surface area contributed by atoms with Gasteiger partial charge in [-0.3, -0.25) is 0 Å². The minimum atomic E-state index is -0.571. The number of carbonyl (C=O) groups excluding carboxylic acids is 1. The molecule has 0 saturated heterocycles. The van der Waals surface area contributed by atoms with Crippen molar-refractivity contribution >= 4 is 6.16 Å². The highest BCUT2D eigenvalue weighted by molar-refractivity contribution is 5.60. The van der Waals surface area contributed by atoms with Crippen LogP contribution in [0.1, 0.15) is 61.3 Å². The van der Waals surface area contributed by atoms with Crippen LogP contribution in [0.4, 0.5) is 4.79 Å². The van der Waals surface area contributed by atoms with Crippen LogP contribution in [0.2, 0.25) is 0 Å². The Morgan fingerprint density at radius 2 is 1.79 bits per heavy atom. The summed E-state index contributed by atoms with van der Waals surface area (Å²) in [7, 11) is 0. The molecule has 0 aliphatic carbocycles. The van der Waals surface area contributed by atoms with Crippen LogP contribution >= 0.6 is 0 Å². The van der Waals surface area contributed by atoms with E-state index in [1.165, 1.54) is 0 Å². The minimum absolute atomic E-state index is 0.124. The van der Waals surface area contributed by atoms with E-state index >= 15 is 0 Å². The van der Waals surface area contributed by atoms with E-state index in [1.54, 1.807) is 0 Å². The zero-order valence-electron chi connectivity index (χ0n) is 13.5. The minimum Gasteiger partial charge on any atom is -0.431 e. The Balaban J connectivity index is 4.28. The lowest BCUT2D eigenvalue weighted by Gasteiger charge is -2.28. The topological polar surface area (TPSA) is 35.5 Å². The zero-order chi connectivity index (χ0) is 15.1. The molecule has 0 spiro atoms. The molecule has 0 rings (SSSR count). The van der Waals surface area contributed by atoms with Crippen LogP contribution in [0.25, 0.3) is 0 Å². The molecule has 0 aromatic heterocycles. The molecule has 0 aliphatic heterocycles. The van der Waals surface area contributed by atoms with Crippen LogP contribution in [0.15, 0.2) is 12.2 Å². The van der Waals surface area contributed by atoms with Gasteiger partial charge >= 0.3 is 6.16 Å². The van der Waals surface area contributed by atoms with E-state index < -0.39 is 11.8 Å². The van der Waals surface area contributed by atoms with Crippen molar-refractivity contribution in [1.29, 1.82) is 0 Å². The van der Waals surface area contributed by atoms with Crippen LogP contribution in [0.3, 0.4) is 0 Å². The van der Waals surface area contributed by atoms with Gasteiger partial charge in [-0.15, -0.1) is 0 Å². The Hall–Kier alpha value is -0.990. The monoisotopic (exact) mass is 270 g/mol. The summed E-state index contributed by atoms with van der Waals surface area (Å²) in [5, 5.41) is 0. The van der Waals surface area contributed by atoms with Crippen molar-refractivity contribution in [3.8, 4) is 0 Å². The summed E-state index contributed by atoms with van der Waals surface area (Å²) in [5.74, 6) is 0.673. The second kappa shape index (κ2) is 8.23. The first kappa shape index (κ1) is 18.0. The van der Waals surface area contributed by atoms with Crippen molar-refractivity contribution < 1.29 is 14.3 Å². The van der Waals surface area contributed by atoms with Crippen molar-refractivity contribution in [2.75, 3.05) is 0 Å². The summed E-state index contributed by atoms with van der Waals surface area (Å²) in [6, 6.07) is 0. The first-order valence-electron chi connectivity index (χ1n) is 7.24. The van der Waals surface area contributed by atoms with Gasteiger partial charge in [0.15, 0.2) is 0 Å². The van der Waals surface area contributed by atoms with Crippen LogP contribution in [0.5, 0.6) is 0 Å². The summed E-state index contributed by atoms with van der Waals surface area (Å²) in [5.41, 5.74) is -0.509. The second-order valence-corrected chi connectivity index (χ2v) is 6.20. The van der Waals surface area contributed by atoms with Gasteiger partial charge in [0.1, 0.15) is 11.7 Å². The SMILES string of the molecule is CC/C=C\C(C)CC(C)(C)OC(=O)OC(C)C(C)C. The predicted octanol–water partition coefficient (Wildman–Crippen LogP) is 4.96. The van der Waals surface area contributed by atoms with Crippen molar-refractivity contribution in [1.82, 2.24) is 0 Å². The fourth-order valence-electron chi connectivity index (χ4n) is 1.79. The maximum Gasteiger partial charge on any atom is 0.509 e. The Labute approximate surface area is 118 Å². The molecule has 0 heterocycles. The van der Waals surface area contributed by atoms with Crippen molar-refractivity contribution in [3.63, 3.8) is 0 Å². The lowest BCUT2D eigenvalue weighted by molar-refractivity contribution is -0.0449. The van der Waals surface area contributed by atoms with Gasteiger partial charge in [0.05, 0.1) is 0 Å². The molecule has 0 bridgehead atoms. The summed E-state index contributed by atoms with van der Waals surface area (Å²) < 4.78 is 10.6. The number of allylic oxidation sites excluding steroid dienone is 2. The average molecular weight is 270 g/mol. The molecule has 0 radical (unpaired) electrons. The van der Waals surface area contributed by atoms with Crippen LogP contribution in [-0.2, 0) is 9.47 Å². The van der Waals surface area contributed by atoms with E-state index in [9.17, 15) is 4.79 Å². The molecule has 3 nitrogen and oxygen atoms in total. The number of hydrogen-bond donors (Lipinski definition) is 0. The quantitative estimate of drug-likeness (QED) is 0.485. The molecule has 0 aliphatic rings. The fourth-order valence-corrected chi connectivity index (χ4v) is 1.79. The molecule has 2 unspecified atom stereocenters. The van der Waals surface area contributed by atoms with E-state index in [0.29, 0.717) is 11.8 Å². The van der Waals surface area contributed by atoms with E-state index in [2.05, 4.69) is 26.0 Å². The highest BCUT2D eigenvalue weighted by atomic mass is 16.7. The van der Waals surface area contributed by atoms with E-state index in [-0.39, 0.29) is 6.10 Å². The van der Waals surface area contributed by atoms with Gasteiger partial charge in [0, 0.05) is 0 Å². The summed E-state index contributed by atoms with van der Waals surface area (Å²) in [6.07, 6.45) is 5.42. The van der Waals surface area contributed by atoms with E-state index in [4.69, 9.17) is 9.47 Å². The fraction of sp³-hybridized carbons (Fsp3) is 0.812. The highest BCUT2D eigenvalue weighted by Gasteiger charge is 2.26. The molecular formula is C16H30O3. The molecule has 2 atom stereocenters. The summed E-state index contributed by atoms with van der Waals surface area (Å²) >= 11 is 0. The molecule has 0 aromatic rings. The Bertz CT molecular complexity index is 292. The van der Waals surface area contributed by atoms with Crippen molar-refractivity contribution in [2.24, 2.45) is 11.8 Å². The van der Waals surface area contributed by atoms with Crippen molar-refractivity contribution in [3.05, 3.63) is 12.2 Å². The summed E-state index contributed by atoms with van der Waals surface area (Å²) in [6.45, 7) is 14.0. The third-order valence-electron chi connectivity index (χ3n) is 3.09. The normalized spacial score (nSPS) is 15.6. The summed E-state index contributed by atoms with van der Waals surface area (Å²) in [4.78, 5) is 11.7. The largest absolute Gasteiger partial charge is 0.509 e. The number of hydrogen-bond acceptors (Lipinski definition) is 3. The van der Waals surface area contributed by atoms with Crippen LogP contribution in [-0.4, -0.2) is 17.9 Å². The second-order valence-electron chi connectivity index (χ2n) is 6.20. The van der Waals surface area contributed by atoms with Gasteiger partial charge in [-0.05, 0) is 45.4 Å². The smallest absolute Gasteiger partial charge is 0.431 e. The molecular weight excluding hydrogens is 240 g/mol. The molecule has 19 heavy (non-hydrogen) atoms. The third kappa shape index (κ3) is 8.68. The molecule has 0 saturated carbocycles. The van der Waals surface area contributed by atoms with Gasteiger partial charge in [0.2, 0.25) is 0 Å². The predicted molar refractivity (Wildman–Crippen MR) is 79.2 cm³/mol. The maximum atomic E-state index is 11.7. The lowest BCUT2D eigenvalue weighted by atomic mass is 9.94. The van der Waals surface area contributed by atoms with Crippen LogP contribution in [0, 0.1) is 11.8 Å². The number of carbonyl (C=O) groups is 1. The first-order chi connectivity index (χ1) is 8.68. The molecule has 0 aromatic carbocycles. The Kier molecular flexibility index (Phi) is 7.81. The first-order valence-corrected chi connectivity index (χ1v) is 7.24. The lowest BCUT2D eigenvalue weighted by Crippen LogP contribution is -2.32. The van der Waals surface area contributed by atoms with Gasteiger partial charge in [-0.1, -0.05) is 39.8 Å². The maximum absolute atomic E-state index is 11.7. The van der Waals surface area contributed by atoms with Gasteiger partial charge in [0.25, 0.3) is 0 Å². The molecule has 112 valence electrons. The van der Waals surface area contributed by atoms with Crippen LogP contribution < -0.4 is 0 Å². The zero-order valence-corrected chi connectivity index (χ0v) is 13.5. The molecule has 0 amide bonds. The number of rotatable bonds is 7. The average Bonchev–Trinajstić information content (AvgIpc) is 2.24. The van der Waals surface area contributed by atoms with E-state index in [1.807, 2.05) is 34.6 Å². The van der Waals surface area contributed by atoms with E-state index in [0.717, 1.165) is 12.8 Å². The standard InChI is InChI=1S/C16H30O3/c1-8-9-10-13(4)11-16(6,7)19-15(17)18-14(5)12(2)3/h9-10,12-14H,8,11H2,1-7H3/b10-9-. The Morgan fingerprint density at radius 3 is 2.26 bits per heavy atom. The molecule has 0 N–H and O–H groups in total. The van der Waals surface area contributed by atoms with Gasteiger partial charge in [-0.2, -0.15) is 0 Å². The van der Waals surface area contributed by atoms with Gasteiger partial charge in [-0.25, -0.2) is 4.79 Å². The molecule has 0 fully saturated rings. The highest BCUT2D eigenvalue weighted by Crippen LogP contribution is 2.22. The number of ether oxygens (including phenoxy) is 2.